The number of methoxy groups -OCH3 is 1. The highest BCUT2D eigenvalue weighted by molar-refractivity contribution is 8.76. The van der Waals surface area contributed by atoms with Gasteiger partial charge in [-0.25, -0.2) is 14.4 Å². The number of rotatable bonds is 14. The van der Waals surface area contributed by atoms with E-state index in [0.717, 1.165) is 0 Å². The molecule has 16 nitrogen and oxygen atoms in total. The number of amides is 1. The van der Waals surface area contributed by atoms with E-state index >= 15 is 4.79 Å². The molecule has 66 heavy (non-hydrogen) atoms. The Morgan fingerprint density at radius 1 is 1.03 bits per heavy atom. The number of aliphatic hydroxyl groups is 3. The van der Waals surface area contributed by atoms with Crippen LogP contribution in [-0.2, 0) is 42.9 Å². The fourth-order valence-corrected chi connectivity index (χ4v) is 11.7. The number of carbonyl (C=O) groups is 6. The van der Waals surface area contributed by atoms with Gasteiger partial charge in [-0.05, 0) is 104 Å². The van der Waals surface area contributed by atoms with Gasteiger partial charge in [0.2, 0.25) is 0 Å². The molecule has 0 spiro atoms. The molecule has 4 N–H and O–H groups in total. The predicted octanol–water partition coefficient (Wildman–Crippen LogP) is 6.13. The highest BCUT2D eigenvalue weighted by Crippen LogP contribution is 2.67. The largest absolute Gasteiger partial charge is 0.496 e. The molecular weight excluding hydrogens is 895 g/mol. The molecule has 3 fully saturated rings. The Morgan fingerprint density at radius 2 is 1.70 bits per heavy atom. The van der Waals surface area contributed by atoms with Crippen LogP contribution < -0.4 is 10.1 Å². The van der Waals surface area contributed by atoms with E-state index in [1.165, 1.54) is 54.7 Å². The van der Waals surface area contributed by atoms with Crippen molar-refractivity contribution in [3.05, 3.63) is 52.1 Å². The highest BCUT2D eigenvalue weighted by Gasteiger charge is 2.77. The summed E-state index contributed by atoms with van der Waals surface area (Å²) in [6.07, 6.45) is -6.31. The summed E-state index contributed by atoms with van der Waals surface area (Å²) < 4.78 is 36.1. The van der Waals surface area contributed by atoms with Crippen LogP contribution in [0.2, 0.25) is 0 Å². The molecule has 1 amide bonds. The molecule has 1 aromatic carbocycles. The number of esters is 4. The van der Waals surface area contributed by atoms with Gasteiger partial charge in [-0.3, -0.25) is 14.4 Å². The second-order valence-electron chi connectivity index (χ2n) is 19.9. The standard InChI is InChI=1S/C48H67NO15S2/c1-24(2)20-30(49-43(57)64-44(6,7)8)36(53)42(56)60-32-23-48(58)40(62-41(55)29-21-25(3)14-15-31(29)59-12)38-46(11,33(51)22-28-16-18-47(28,38)63-27(5)50)39(54)37(35(26(32)4)45(48,9)10)61-34(52)17-19-66-65-13/h14-15,20-21,28,30,32-33,36-38,40,51,53,58H,16-19,22-23H2,1-13H3,(H,49,57)/t28-,30+,32+,33+,36-,37-,38+,40+,46-,47+,48-/m1/s1. The minimum atomic E-state index is -2.39. The van der Waals surface area contributed by atoms with E-state index in [1.807, 2.05) is 6.26 Å². The smallest absolute Gasteiger partial charge is 0.408 e. The van der Waals surface area contributed by atoms with Crippen LogP contribution in [0.1, 0.15) is 117 Å². The zero-order valence-corrected chi connectivity index (χ0v) is 41.9. The van der Waals surface area contributed by atoms with Gasteiger partial charge in [0.15, 0.2) is 18.0 Å². The van der Waals surface area contributed by atoms with Crippen LogP contribution in [-0.4, -0.2) is 124 Å². The van der Waals surface area contributed by atoms with Crippen LogP contribution in [0.15, 0.2) is 41.0 Å². The maximum absolute atomic E-state index is 15.9. The summed E-state index contributed by atoms with van der Waals surface area (Å²) in [7, 11) is 4.20. The van der Waals surface area contributed by atoms with E-state index in [1.54, 1.807) is 74.4 Å². The van der Waals surface area contributed by atoms with Crippen LogP contribution in [0.3, 0.4) is 0 Å². The van der Waals surface area contributed by atoms with Crippen molar-refractivity contribution in [1.29, 1.82) is 0 Å². The number of alkyl carbamates (subject to hydrolysis) is 1. The van der Waals surface area contributed by atoms with E-state index in [9.17, 15) is 39.3 Å². The first-order valence-corrected chi connectivity index (χ1v) is 24.9. The van der Waals surface area contributed by atoms with Gasteiger partial charge in [0, 0.05) is 30.4 Å². The van der Waals surface area contributed by atoms with Crippen molar-refractivity contribution in [3.63, 3.8) is 0 Å². The summed E-state index contributed by atoms with van der Waals surface area (Å²) in [4.78, 5) is 84.9. The molecule has 5 rings (SSSR count). The summed E-state index contributed by atoms with van der Waals surface area (Å²) in [6, 6.07) is 3.49. The lowest BCUT2D eigenvalue weighted by atomic mass is 9.41. The lowest BCUT2D eigenvalue weighted by molar-refractivity contribution is -0.296. The fourth-order valence-electron chi connectivity index (χ4n) is 10.6. The van der Waals surface area contributed by atoms with Crippen molar-refractivity contribution in [2.24, 2.45) is 22.7 Å². The maximum Gasteiger partial charge on any atom is 0.408 e. The van der Waals surface area contributed by atoms with Crippen molar-refractivity contribution in [2.75, 3.05) is 19.1 Å². The van der Waals surface area contributed by atoms with E-state index in [-0.39, 0.29) is 41.7 Å². The van der Waals surface area contributed by atoms with Gasteiger partial charge in [0.1, 0.15) is 40.3 Å². The first-order valence-electron chi connectivity index (χ1n) is 22.2. The lowest BCUT2D eigenvalue weighted by Gasteiger charge is -2.68. The number of Topliss-reactive ketones (excluding diaryl/α,β-unsaturated/α-hetero) is 1. The number of aliphatic hydroxyl groups excluding tert-OH is 2. The number of nitrogens with one attached hydrogen (secondary N) is 1. The highest BCUT2D eigenvalue weighted by atomic mass is 33.1. The molecule has 0 aliphatic heterocycles. The monoisotopic (exact) mass is 961 g/mol. The van der Waals surface area contributed by atoms with Crippen molar-refractivity contribution in [2.45, 2.75) is 162 Å². The van der Waals surface area contributed by atoms with Crippen LogP contribution in [0, 0.1) is 29.6 Å². The van der Waals surface area contributed by atoms with Crippen molar-refractivity contribution in [1.82, 2.24) is 5.32 Å². The van der Waals surface area contributed by atoms with E-state index in [4.69, 9.17) is 28.4 Å². The molecule has 4 aliphatic carbocycles. The number of benzene rings is 1. The Labute approximate surface area is 395 Å². The lowest BCUT2D eigenvalue weighted by Crippen LogP contribution is -2.78. The fraction of sp³-hybridized carbons (Fsp3) is 0.667. The number of hydrogen-bond acceptors (Lipinski definition) is 17. The first-order chi connectivity index (χ1) is 30.6. The first kappa shape index (κ1) is 52.9. The molecule has 0 saturated heterocycles. The van der Waals surface area contributed by atoms with Crippen molar-refractivity contribution < 1.29 is 72.5 Å². The molecule has 3 saturated carbocycles. The number of carbonyl (C=O) groups excluding carboxylic acids is 6. The Morgan fingerprint density at radius 3 is 2.26 bits per heavy atom. The minimum absolute atomic E-state index is 0.00836. The number of fused-ring (bicyclic) bond motifs is 5. The average molecular weight is 962 g/mol. The van der Waals surface area contributed by atoms with Gasteiger partial charge in [-0.1, -0.05) is 58.7 Å². The van der Waals surface area contributed by atoms with Crippen molar-refractivity contribution in [3.8, 4) is 5.75 Å². The topological polar surface area (TPSA) is 231 Å². The van der Waals surface area contributed by atoms with Gasteiger partial charge in [0.05, 0.1) is 37.0 Å². The third-order valence-electron chi connectivity index (χ3n) is 13.8. The van der Waals surface area contributed by atoms with Gasteiger partial charge < -0.3 is 49.1 Å². The SMILES string of the molecule is COc1ccc(C)cc1C(=O)O[C@H]1[C@@H]2[C@]3(OC(C)=O)CC[C@@H]3C[C@H](O)[C@@]2(C)C(=O)[C@H](OC(=O)CCSSC)C2=C(C)[C@@H](OC(=O)[C@H](O)[C@H](C=C(C)C)NC(=O)OC(C)(C)C)C[C@]1(O)C2(C)C. The third kappa shape index (κ3) is 10.0. The van der Waals surface area contributed by atoms with E-state index < -0.39 is 118 Å². The summed E-state index contributed by atoms with van der Waals surface area (Å²) in [5.41, 5.74) is -7.13. The number of allylic oxidation sites excluding steroid dienone is 1. The minimum Gasteiger partial charge on any atom is -0.496 e. The van der Waals surface area contributed by atoms with Gasteiger partial charge >= 0.3 is 30.0 Å². The average Bonchev–Trinajstić information content (AvgIpc) is 3.20. The number of ether oxygens (including phenoxy) is 6. The molecule has 2 bridgehead atoms. The number of aryl methyl sites for hydroxylation is 1. The van der Waals surface area contributed by atoms with Crippen LogP contribution in [0.4, 0.5) is 4.79 Å². The number of hydrogen-bond donors (Lipinski definition) is 4. The van der Waals surface area contributed by atoms with Gasteiger partial charge in [0.25, 0.3) is 0 Å². The quantitative estimate of drug-likeness (QED) is 0.0540. The molecule has 4 aliphatic rings. The zero-order chi connectivity index (χ0) is 49.5. The summed E-state index contributed by atoms with van der Waals surface area (Å²) in [5.74, 6) is -6.07. The van der Waals surface area contributed by atoms with E-state index in [2.05, 4.69) is 5.32 Å². The normalized spacial score (nSPS) is 30.9. The molecule has 0 aromatic heterocycles. The van der Waals surface area contributed by atoms with Gasteiger partial charge in [-0.2, -0.15) is 0 Å². The molecule has 18 heteroatoms. The molecule has 0 radical (unpaired) electrons. The molecular formula is C48H67NO15S2. The Balaban J connectivity index is 1.78. The summed E-state index contributed by atoms with van der Waals surface area (Å²) in [6.45, 7) is 17.5. The summed E-state index contributed by atoms with van der Waals surface area (Å²) >= 11 is 0. The molecule has 366 valence electrons. The van der Waals surface area contributed by atoms with Crippen LogP contribution in [0.5, 0.6) is 5.75 Å². The third-order valence-corrected chi connectivity index (χ3v) is 15.7. The predicted molar refractivity (Wildman–Crippen MR) is 246 cm³/mol. The van der Waals surface area contributed by atoms with Crippen molar-refractivity contribution >= 4 is 57.3 Å². The number of ketones is 1. The summed E-state index contributed by atoms with van der Waals surface area (Å²) in [5, 5.41) is 40.4. The molecule has 11 atom stereocenters. The molecule has 1 aromatic rings. The Kier molecular flexibility index (Phi) is 15.9. The Bertz CT molecular complexity index is 2140. The zero-order valence-electron chi connectivity index (χ0n) is 40.2. The molecule has 0 unspecified atom stereocenters. The Hall–Kier alpha value is -4.10. The van der Waals surface area contributed by atoms with E-state index in [0.29, 0.717) is 23.3 Å². The molecule has 0 heterocycles. The van der Waals surface area contributed by atoms with Crippen LogP contribution in [0.25, 0.3) is 0 Å². The second-order valence-corrected chi connectivity index (χ2v) is 22.6. The van der Waals surface area contributed by atoms with Crippen LogP contribution >= 0.6 is 21.6 Å². The maximum atomic E-state index is 15.9. The van der Waals surface area contributed by atoms with Gasteiger partial charge in [-0.15, -0.1) is 0 Å². The second kappa shape index (κ2) is 19.9.